The molecule has 8 rings (SSSR count). The molecule has 1 unspecified atom stereocenters. The Labute approximate surface area is 346 Å². The minimum atomic E-state index is -0.857. The van der Waals surface area contributed by atoms with Crippen LogP contribution in [0.4, 0.5) is 11.5 Å². The maximum atomic E-state index is 13.4. The van der Waals surface area contributed by atoms with Crippen LogP contribution >= 0.6 is 11.6 Å². The van der Waals surface area contributed by atoms with E-state index in [1.54, 1.807) is 36.7 Å². The number of nitriles is 1. The smallest absolute Gasteiger partial charge is 0.278 e. The zero-order chi connectivity index (χ0) is 41.6. The molecule has 1 atom stereocenters. The second-order valence-electron chi connectivity index (χ2n) is 17.3. The molecule has 0 radical (unpaired) electrons. The molecule has 4 aliphatic rings. The van der Waals surface area contributed by atoms with Gasteiger partial charge in [-0.15, -0.1) is 5.10 Å². The van der Waals surface area contributed by atoms with E-state index in [1.807, 2.05) is 12.1 Å². The molecule has 5 heterocycles. The van der Waals surface area contributed by atoms with Crippen molar-refractivity contribution < 1.29 is 19.1 Å². The number of nitrogens with one attached hydrogen (secondary N) is 2. The lowest BCUT2D eigenvalue weighted by Crippen LogP contribution is -2.74. The van der Waals surface area contributed by atoms with Crippen molar-refractivity contribution in [1.82, 2.24) is 40.5 Å². The second-order valence-corrected chi connectivity index (χ2v) is 17.7. The van der Waals surface area contributed by atoms with Crippen LogP contribution in [0.25, 0.3) is 10.9 Å². The van der Waals surface area contributed by atoms with Crippen LogP contribution in [0, 0.1) is 28.1 Å². The highest BCUT2D eigenvalue weighted by atomic mass is 35.5. The van der Waals surface area contributed by atoms with Gasteiger partial charge >= 0.3 is 0 Å². The summed E-state index contributed by atoms with van der Waals surface area (Å²) in [4.78, 5) is 67.0. The molecule has 16 nitrogen and oxygen atoms in total. The minimum Gasteiger partial charge on any atom is -0.489 e. The number of ether oxygens (including phenoxy) is 1. The molecule has 0 spiro atoms. The summed E-state index contributed by atoms with van der Waals surface area (Å²) in [7, 11) is 0. The third-order valence-electron chi connectivity index (χ3n) is 12.7. The quantitative estimate of drug-likeness (QED) is 0.233. The summed E-state index contributed by atoms with van der Waals surface area (Å²) in [6.07, 6.45) is 5.43. The van der Waals surface area contributed by atoms with Gasteiger partial charge in [-0.3, -0.25) is 29.4 Å². The lowest BCUT2D eigenvalue weighted by atomic mass is 9.49. The molecule has 308 valence electrons. The largest absolute Gasteiger partial charge is 0.489 e. The zero-order valence-corrected chi connectivity index (χ0v) is 34.4. The standard InChI is InChI=1S/C42H48ClN11O5/c1-41(2)39(42(3,4)40(41)59-28-7-5-26(21-44)30(43)20-28)48-36(56)32-22-46-34(23-45-32)53-17-15-51(16-18-53)24-25-11-13-52(14-12-25)27-6-8-31-29(19-27)38(58)54(50-49-31)33-9-10-35(55)47-37(33)57/h5-8,19-20,22-23,25,33,39-40H,9-18,24H2,1-4H3,(H,48,56)(H,47,55,57)/t33?,39-,40-. The van der Waals surface area contributed by atoms with Gasteiger partial charge < -0.3 is 19.9 Å². The molecule has 4 aromatic rings. The fourth-order valence-electron chi connectivity index (χ4n) is 9.66. The van der Waals surface area contributed by atoms with Gasteiger partial charge in [-0.1, -0.05) is 44.5 Å². The van der Waals surface area contributed by atoms with Crippen LogP contribution in [0.3, 0.4) is 0 Å². The number of carbonyl (C=O) groups excluding carboxylic acids is 3. The molecule has 4 fully saturated rings. The minimum absolute atomic E-state index is 0.149. The van der Waals surface area contributed by atoms with E-state index in [0.29, 0.717) is 33.2 Å². The Bertz CT molecular complexity index is 2360. The highest BCUT2D eigenvalue weighted by Crippen LogP contribution is 2.55. The van der Waals surface area contributed by atoms with Gasteiger partial charge in [0, 0.05) is 80.9 Å². The van der Waals surface area contributed by atoms with E-state index in [2.05, 4.69) is 79.4 Å². The Morgan fingerprint density at radius 1 is 0.949 bits per heavy atom. The summed E-state index contributed by atoms with van der Waals surface area (Å²) in [5.74, 6) is 0.710. The monoisotopic (exact) mass is 821 g/mol. The van der Waals surface area contributed by atoms with Crippen LogP contribution < -0.4 is 30.7 Å². The number of amides is 3. The molecule has 1 aliphatic carbocycles. The van der Waals surface area contributed by atoms with E-state index in [9.17, 15) is 24.4 Å². The van der Waals surface area contributed by atoms with Gasteiger partial charge in [-0.05, 0) is 55.5 Å². The van der Waals surface area contributed by atoms with Gasteiger partial charge in [0.05, 0.1) is 28.4 Å². The number of benzene rings is 2. The number of carbonyl (C=O) groups is 3. The predicted octanol–water partition coefficient (Wildman–Crippen LogP) is 3.73. The summed E-state index contributed by atoms with van der Waals surface area (Å²) in [6, 6.07) is 11.7. The van der Waals surface area contributed by atoms with Crippen molar-refractivity contribution in [3.63, 3.8) is 0 Å². The number of halogens is 1. The third-order valence-corrected chi connectivity index (χ3v) is 13.0. The van der Waals surface area contributed by atoms with Crippen LogP contribution in [0.15, 0.2) is 53.6 Å². The zero-order valence-electron chi connectivity index (χ0n) is 33.7. The van der Waals surface area contributed by atoms with E-state index < -0.39 is 22.8 Å². The van der Waals surface area contributed by atoms with Crippen LogP contribution in [0.2, 0.25) is 5.02 Å². The van der Waals surface area contributed by atoms with Gasteiger partial charge in [-0.25, -0.2) is 9.97 Å². The lowest BCUT2D eigenvalue weighted by molar-refractivity contribution is -0.164. The van der Waals surface area contributed by atoms with Crippen molar-refractivity contribution in [2.75, 3.05) is 55.6 Å². The first kappa shape index (κ1) is 40.1. The highest BCUT2D eigenvalue weighted by molar-refractivity contribution is 6.31. The molecular weight excluding hydrogens is 774 g/mol. The van der Waals surface area contributed by atoms with Crippen molar-refractivity contribution in [3.05, 3.63) is 75.4 Å². The molecule has 2 aromatic heterocycles. The second kappa shape index (κ2) is 15.8. The van der Waals surface area contributed by atoms with Crippen molar-refractivity contribution in [2.24, 2.45) is 16.7 Å². The molecule has 3 aliphatic heterocycles. The Kier molecular flexibility index (Phi) is 10.8. The lowest BCUT2D eigenvalue weighted by Gasteiger charge is -2.63. The molecule has 59 heavy (non-hydrogen) atoms. The van der Waals surface area contributed by atoms with Crippen LogP contribution in [-0.4, -0.2) is 106 Å². The number of piperidine rings is 2. The molecule has 1 saturated carbocycles. The fraction of sp³-hybridized carbons (Fsp3) is 0.500. The molecule has 3 saturated heterocycles. The summed E-state index contributed by atoms with van der Waals surface area (Å²) < 4.78 is 7.46. The molecule has 2 N–H and O–H groups in total. The maximum Gasteiger partial charge on any atom is 0.278 e. The SMILES string of the molecule is CC1(C)[C@H](NC(=O)c2cnc(N3CCN(CC4CCN(c5ccc6nnn(C7CCC(=O)NC7=O)c(=O)c6c5)CC4)CC3)cn2)C(C)(C)[C@H]1Oc1ccc(C#N)c(Cl)c1. The Morgan fingerprint density at radius 2 is 1.69 bits per heavy atom. The number of imide groups is 1. The van der Waals surface area contributed by atoms with Crippen LogP contribution in [-0.2, 0) is 9.59 Å². The molecular formula is C42H48ClN11O5. The molecule has 0 bridgehead atoms. The van der Waals surface area contributed by atoms with Crippen molar-refractivity contribution in [3.8, 4) is 11.8 Å². The maximum absolute atomic E-state index is 13.4. The molecule has 2 aromatic carbocycles. The number of hydrogen-bond acceptors (Lipinski definition) is 13. The number of hydrogen-bond donors (Lipinski definition) is 2. The number of fused-ring (bicyclic) bond motifs is 1. The highest BCUT2D eigenvalue weighted by Gasteiger charge is 2.64. The van der Waals surface area contributed by atoms with Crippen molar-refractivity contribution >= 4 is 51.7 Å². The number of rotatable bonds is 9. The van der Waals surface area contributed by atoms with Crippen molar-refractivity contribution in [1.29, 1.82) is 5.26 Å². The Hall–Kier alpha value is -5.66. The summed E-state index contributed by atoms with van der Waals surface area (Å²) >= 11 is 6.24. The van der Waals surface area contributed by atoms with E-state index in [1.165, 1.54) is 0 Å². The van der Waals surface area contributed by atoms with Gasteiger partial charge in [0.1, 0.15) is 41.0 Å². The average molecular weight is 822 g/mol. The topological polar surface area (TPSA) is 192 Å². The summed E-state index contributed by atoms with van der Waals surface area (Å²) in [6.45, 7) is 14.4. The first-order valence-electron chi connectivity index (χ1n) is 20.2. The molecule has 3 amide bonds. The summed E-state index contributed by atoms with van der Waals surface area (Å²) in [5.41, 5.74) is 0.874. The van der Waals surface area contributed by atoms with Gasteiger partial charge in [-0.2, -0.15) is 9.94 Å². The van der Waals surface area contributed by atoms with E-state index in [4.69, 9.17) is 16.3 Å². The van der Waals surface area contributed by atoms with Crippen LogP contribution in [0.1, 0.15) is 75.5 Å². The Morgan fingerprint density at radius 3 is 2.36 bits per heavy atom. The fourth-order valence-corrected chi connectivity index (χ4v) is 9.87. The van der Waals surface area contributed by atoms with Gasteiger partial charge in [0.25, 0.3) is 17.4 Å². The van der Waals surface area contributed by atoms with Gasteiger partial charge in [0.2, 0.25) is 5.91 Å². The van der Waals surface area contributed by atoms with E-state index in [0.717, 1.165) is 74.8 Å². The van der Waals surface area contributed by atoms with Crippen LogP contribution in [0.5, 0.6) is 5.75 Å². The van der Waals surface area contributed by atoms with E-state index >= 15 is 0 Å². The number of anilines is 2. The first-order valence-corrected chi connectivity index (χ1v) is 20.5. The predicted molar refractivity (Wildman–Crippen MR) is 220 cm³/mol. The summed E-state index contributed by atoms with van der Waals surface area (Å²) in [5, 5.41) is 23.6. The first-order chi connectivity index (χ1) is 28.2. The number of nitrogens with zero attached hydrogens (tertiary/aromatic N) is 9. The average Bonchev–Trinajstić information content (AvgIpc) is 3.23. The van der Waals surface area contributed by atoms with Crippen molar-refractivity contribution in [2.45, 2.75) is 71.6 Å². The van der Waals surface area contributed by atoms with E-state index in [-0.39, 0.29) is 48.1 Å². The molecule has 17 heteroatoms. The normalized spacial score (nSPS) is 23.3. The Balaban J connectivity index is 0.802. The number of aromatic nitrogens is 5. The third kappa shape index (κ3) is 7.81. The number of piperazine rings is 1. The van der Waals surface area contributed by atoms with Gasteiger partial charge in [0.15, 0.2) is 0 Å².